The summed E-state index contributed by atoms with van der Waals surface area (Å²) in [5, 5.41) is 3.59. The smallest absolute Gasteiger partial charge is 0.0312 e. The number of pyridine rings is 1. The number of aromatic nitrogens is 1. The molecule has 1 aromatic heterocycles. The fraction of sp³-hybridized carbons (Fsp3) is 0.615. The Kier molecular flexibility index (Phi) is 3.56. The van der Waals surface area contributed by atoms with Crippen LogP contribution in [0, 0.1) is 0 Å². The maximum absolute atomic E-state index is 4.14. The molecule has 1 aromatic rings. The number of nitrogens with one attached hydrogen (secondary N) is 1. The Morgan fingerprint density at radius 2 is 2.44 bits per heavy atom. The molecule has 88 valence electrons. The lowest BCUT2D eigenvalue weighted by atomic mass is 10.00. The lowest BCUT2D eigenvalue weighted by molar-refractivity contribution is 0.233. The van der Waals surface area contributed by atoms with Gasteiger partial charge < -0.3 is 10.2 Å². The number of nitrogens with zero attached hydrogens (tertiary/aromatic N) is 2. The normalized spacial score (nSPS) is 25.2. The van der Waals surface area contributed by atoms with Crippen LogP contribution in [-0.4, -0.2) is 35.6 Å². The van der Waals surface area contributed by atoms with E-state index >= 15 is 0 Å². The molecular weight excluding hydrogens is 198 g/mol. The number of hydrogen-bond acceptors (Lipinski definition) is 3. The first-order valence-corrected chi connectivity index (χ1v) is 6.00. The van der Waals surface area contributed by atoms with Crippen molar-refractivity contribution in [3.05, 3.63) is 30.1 Å². The SMILES string of the molecule is CN(Cc1cccnc1)CC1(C)CCCN1. The molecule has 0 aliphatic carbocycles. The predicted molar refractivity (Wildman–Crippen MR) is 66.2 cm³/mol. The maximum atomic E-state index is 4.14. The van der Waals surface area contributed by atoms with Gasteiger partial charge in [-0.1, -0.05) is 6.07 Å². The molecule has 0 bridgehead atoms. The van der Waals surface area contributed by atoms with E-state index in [-0.39, 0.29) is 0 Å². The van der Waals surface area contributed by atoms with E-state index in [4.69, 9.17) is 0 Å². The van der Waals surface area contributed by atoms with E-state index in [1.807, 2.05) is 18.5 Å². The molecule has 2 rings (SSSR count). The van der Waals surface area contributed by atoms with Gasteiger partial charge in [0, 0.05) is 31.0 Å². The standard InChI is InChI=1S/C13H21N3/c1-13(6-4-8-15-13)11-16(2)10-12-5-3-7-14-9-12/h3,5,7,9,15H,4,6,8,10-11H2,1-2H3. The summed E-state index contributed by atoms with van der Waals surface area (Å²) in [4.78, 5) is 6.51. The molecule has 1 saturated heterocycles. The van der Waals surface area contributed by atoms with Crippen molar-refractivity contribution in [3.8, 4) is 0 Å². The van der Waals surface area contributed by atoms with Gasteiger partial charge in [0.15, 0.2) is 0 Å². The van der Waals surface area contributed by atoms with Gasteiger partial charge in [0.1, 0.15) is 0 Å². The van der Waals surface area contributed by atoms with Crippen LogP contribution in [0.3, 0.4) is 0 Å². The molecule has 0 aromatic carbocycles. The van der Waals surface area contributed by atoms with Crippen LogP contribution in [0.1, 0.15) is 25.3 Å². The summed E-state index contributed by atoms with van der Waals surface area (Å²) >= 11 is 0. The van der Waals surface area contributed by atoms with Gasteiger partial charge in [0.25, 0.3) is 0 Å². The van der Waals surface area contributed by atoms with E-state index in [0.29, 0.717) is 5.54 Å². The fourth-order valence-electron chi connectivity index (χ4n) is 2.55. The zero-order chi connectivity index (χ0) is 11.4. The van der Waals surface area contributed by atoms with Crippen molar-refractivity contribution in [2.24, 2.45) is 0 Å². The Labute approximate surface area is 97.9 Å². The lowest BCUT2D eigenvalue weighted by Gasteiger charge is -2.30. The van der Waals surface area contributed by atoms with E-state index in [1.165, 1.54) is 18.4 Å². The van der Waals surface area contributed by atoms with Crippen LogP contribution in [0.15, 0.2) is 24.5 Å². The third-order valence-corrected chi connectivity index (χ3v) is 3.25. The third kappa shape index (κ3) is 3.03. The molecular formula is C13H21N3. The summed E-state index contributed by atoms with van der Waals surface area (Å²) in [7, 11) is 2.18. The molecule has 1 unspecified atom stereocenters. The number of likely N-dealkylation sites (N-methyl/N-ethyl adjacent to an activating group) is 1. The summed E-state index contributed by atoms with van der Waals surface area (Å²) in [5.74, 6) is 0. The second-order valence-electron chi connectivity index (χ2n) is 5.12. The van der Waals surface area contributed by atoms with E-state index in [1.54, 1.807) is 0 Å². The van der Waals surface area contributed by atoms with Gasteiger partial charge in [0.05, 0.1) is 0 Å². The second-order valence-corrected chi connectivity index (χ2v) is 5.12. The van der Waals surface area contributed by atoms with Gasteiger partial charge in [-0.3, -0.25) is 4.98 Å². The van der Waals surface area contributed by atoms with E-state index < -0.39 is 0 Å². The minimum Gasteiger partial charge on any atom is -0.310 e. The van der Waals surface area contributed by atoms with Gasteiger partial charge in [-0.05, 0) is 45.0 Å². The zero-order valence-electron chi connectivity index (χ0n) is 10.2. The molecule has 1 aliphatic heterocycles. The molecule has 1 fully saturated rings. The van der Waals surface area contributed by atoms with Crippen molar-refractivity contribution < 1.29 is 0 Å². The Balaban J connectivity index is 1.86. The van der Waals surface area contributed by atoms with Gasteiger partial charge in [-0.25, -0.2) is 0 Å². The first kappa shape index (κ1) is 11.6. The van der Waals surface area contributed by atoms with E-state index in [0.717, 1.165) is 19.6 Å². The van der Waals surface area contributed by atoms with Gasteiger partial charge in [-0.15, -0.1) is 0 Å². The maximum Gasteiger partial charge on any atom is 0.0312 e. The highest BCUT2D eigenvalue weighted by Gasteiger charge is 2.28. The lowest BCUT2D eigenvalue weighted by Crippen LogP contribution is -2.46. The molecule has 1 aliphatic rings. The van der Waals surface area contributed by atoms with Gasteiger partial charge in [-0.2, -0.15) is 0 Å². The number of rotatable bonds is 4. The van der Waals surface area contributed by atoms with Crippen molar-refractivity contribution in [1.29, 1.82) is 0 Å². The predicted octanol–water partition coefficient (Wildman–Crippen LogP) is 1.66. The number of hydrogen-bond donors (Lipinski definition) is 1. The monoisotopic (exact) mass is 219 g/mol. The molecule has 2 heterocycles. The van der Waals surface area contributed by atoms with Crippen LogP contribution in [0.2, 0.25) is 0 Å². The highest BCUT2D eigenvalue weighted by molar-refractivity contribution is 5.08. The zero-order valence-corrected chi connectivity index (χ0v) is 10.2. The summed E-state index contributed by atoms with van der Waals surface area (Å²) in [6, 6.07) is 4.13. The van der Waals surface area contributed by atoms with E-state index in [2.05, 4.69) is 35.2 Å². The average Bonchev–Trinajstić information content (AvgIpc) is 2.66. The molecule has 1 N–H and O–H groups in total. The molecule has 1 atom stereocenters. The Hall–Kier alpha value is -0.930. The Morgan fingerprint density at radius 3 is 3.06 bits per heavy atom. The summed E-state index contributed by atoms with van der Waals surface area (Å²) in [5.41, 5.74) is 1.59. The Bertz CT molecular complexity index is 317. The van der Waals surface area contributed by atoms with Crippen LogP contribution in [-0.2, 0) is 6.54 Å². The van der Waals surface area contributed by atoms with Crippen LogP contribution < -0.4 is 5.32 Å². The second kappa shape index (κ2) is 4.93. The van der Waals surface area contributed by atoms with Crippen molar-refractivity contribution in [2.45, 2.75) is 31.8 Å². The van der Waals surface area contributed by atoms with Crippen LogP contribution in [0.4, 0.5) is 0 Å². The molecule has 0 saturated carbocycles. The van der Waals surface area contributed by atoms with Crippen LogP contribution in [0.5, 0.6) is 0 Å². The van der Waals surface area contributed by atoms with Crippen LogP contribution in [0.25, 0.3) is 0 Å². The average molecular weight is 219 g/mol. The molecule has 16 heavy (non-hydrogen) atoms. The summed E-state index contributed by atoms with van der Waals surface area (Å²) in [6.07, 6.45) is 6.35. The molecule has 0 radical (unpaired) electrons. The minimum atomic E-state index is 0.303. The summed E-state index contributed by atoms with van der Waals surface area (Å²) < 4.78 is 0. The van der Waals surface area contributed by atoms with Crippen molar-refractivity contribution in [3.63, 3.8) is 0 Å². The largest absolute Gasteiger partial charge is 0.310 e. The quantitative estimate of drug-likeness (QED) is 0.834. The van der Waals surface area contributed by atoms with Crippen molar-refractivity contribution >= 4 is 0 Å². The minimum absolute atomic E-state index is 0.303. The third-order valence-electron chi connectivity index (χ3n) is 3.25. The first-order chi connectivity index (χ1) is 7.68. The highest BCUT2D eigenvalue weighted by atomic mass is 15.2. The fourth-order valence-corrected chi connectivity index (χ4v) is 2.55. The van der Waals surface area contributed by atoms with Crippen LogP contribution >= 0.6 is 0 Å². The van der Waals surface area contributed by atoms with Gasteiger partial charge in [0.2, 0.25) is 0 Å². The molecule has 3 heteroatoms. The Morgan fingerprint density at radius 1 is 1.56 bits per heavy atom. The topological polar surface area (TPSA) is 28.2 Å². The van der Waals surface area contributed by atoms with Crippen molar-refractivity contribution in [2.75, 3.05) is 20.1 Å². The molecule has 0 spiro atoms. The van der Waals surface area contributed by atoms with E-state index in [9.17, 15) is 0 Å². The molecule has 3 nitrogen and oxygen atoms in total. The first-order valence-electron chi connectivity index (χ1n) is 6.00. The highest BCUT2D eigenvalue weighted by Crippen LogP contribution is 2.19. The summed E-state index contributed by atoms with van der Waals surface area (Å²) in [6.45, 7) is 5.56. The molecule has 0 amide bonds. The van der Waals surface area contributed by atoms with Crippen molar-refractivity contribution in [1.82, 2.24) is 15.2 Å². The van der Waals surface area contributed by atoms with Gasteiger partial charge >= 0.3 is 0 Å².